The third kappa shape index (κ3) is 3.44. The van der Waals surface area contributed by atoms with Crippen LogP contribution in [0, 0.1) is 6.92 Å². The molecule has 9 heteroatoms. The molecule has 3 aromatic heterocycles. The first-order valence-electron chi connectivity index (χ1n) is 9.42. The standard InChI is InChI=1S/C20H19N7OS/c1-14-12-18(27-20(23-14)21-13-22-27)25-8-10-26(11-9-25)19(28)7-6-17-24-15-4-2-3-5-16(15)29-17/h2-7,12-13H,8-11H2,1H3/b7-6+. The van der Waals surface area contributed by atoms with Gasteiger partial charge in [-0.25, -0.2) is 9.97 Å². The molecule has 0 atom stereocenters. The van der Waals surface area contributed by atoms with Gasteiger partial charge in [0.05, 0.1) is 10.2 Å². The zero-order valence-electron chi connectivity index (χ0n) is 15.9. The van der Waals surface area contributed by atoms with Crippen LogP contribution < -0.4 is 4.90 Å². The van der Waals surface area contributed by atoms with E-state index in [2.05, 4.69) is 25.0 Å². The number of nitrogens with zero attached hydrogens (tertiary/aromatic N) is 7. The van der Waals surface area contributed by atoms with Crippen LogP contribution in [0.25, 0.3) is 22.1 Å². The summed E-state index contributed by atoms with van der Waals surface area (Å²) in [7, 11) is 0. The molecule has 1 aliphatic heterocycles. The Bertz CT molecular complexity index is 1190. The summed E-state index contributed by atoms with van der Waals surface area (Å²) >= 11 is 1.59. The molecule has 8 nitrogen and oxygen atoms in total. The number of thiazole rings is 1. The average molecular weight is 405 g/mol. The summed E-state index contributed by atoms with van der Waals surface area (Å²) in [6.07, 6.45) is 4.95. The number of anilines is 1. The molecule has 146 valence electrons. The monoisotopic (exact) mass is 405 g/mol. The van der Waals surface area contributed by atoms with Crippen molar-refractivity contribution in [1.82, 2.24) is 29.5 Å². The highest BCUT2D eigenvalue weighted by Gasteiger charge is 2.22. The van der Waals surface area contributed by atoms with Crippen molar-refractivity contribution in [2.45, 2.75) is 6.92 Å². The number of hydrogen-bond acceptors (Lipinski definition) is 7. The van der Waals surface area contributed by atoms with Gasteiger partial charge in [-0.3, -0.25) is 4.79 Å². The summed E-state index contributed by atoms with van der Waals surface area (Å²) in [6, 6.07) is 10.00. The van der Waals surface area contributed by atoms with E-state index in [1.807, 2.05) is 48.2 Å². The van der Waals surface area contributed by atoms with Gasteiger partial charge in [-0.05, 0) is 25.1 Å². The Hall–Kier alpha value is -3.33. The van der Waals surface area contributed by atoms with Crippen molar-refractivity contribution in [3.8, 4) is 0 Å². The predicted molar refractivity (Wildman–Crippen MR) is 113 cm³/mol. The number of aryl methyl sites for hydroxylation is 1. The number of carbonyl (C=O) groups is 1. The van der Waals surface area contributed by atoms with E-state index < -0.39 is 0 Å². The summed E-state index contributed by atoms with van der Waals surface area (Å²) in [6.45, 7) is 4.73. The molecule has 1 aromatic carbocycles. The van der Waals surface area contributed by atoms with E-state index in [9.17, 15) is 4.79 Å². The molecule has 4 heterocycles. The van der Waals surface area contributed by atoms with Crippen LogP contribution in [-0.4, -0.2) is 61.6 Å². The first kappa shape index (κ1) is 17.7. The second-order valence-electron chi connectivity index (χ2n) is 6.89. The Morgan fingerprint density at radius 3 is 2.79 bits per heavy atom. The molecule has 5 rings (SSSR count). The topological polar surface area (TPSA) is 79.5 Å². The smallest absolute Gasteiger partial charge is 0.254 e. The Balaban J connectivity index is 1.26. The predicted octanol–water partition coefficient (Wildman–Crippen LogP) is 2.40. The largest absolute Gasteiger partial charge is 0.353 e. The minimum atomic E-state index is 0.0146. The molecular formula is C20H19N7OS. The average Bonchev–Trinajstić information content (AvgIpc) is 3.37. The molecule has 1 aliphatic rings. The summed E-state index contributed by atoms with van der Waals surface area (Å²) < 4.78 is 2.87. The van der Waals surface area contributed by atoms with E-state index in [1.165, 1.54) is 6.33 Å². The maximum absolute atomic E-state index is 12.6. The number of amides is 1. The molecule has 0 saturated carbocycles. The minimum Gasteiger partial charge on any atom is -0.353 e. The first-order chi connectivity index (χ1) is 14.2. The van der Waals surface area contributed by atoms with Crippen molar-refractivity contribution in [3.05, 3.63) is 53.4 Å². The van der Waals surface area contributed by atoms with Gasteiger partial charge in [0.1, 0.15) is 17.2 Å². The molecule has 0 N–H and O–H groups in total. The zero-order chi connectivity index (χ0) is 19.8. The molecule has 1 amide bonds. The van der Waals surface area contributed by atoms with Crippen LogP contribution in [0.4, 0.5) is 5.82 Å². The number of hydrogen-bond donors (Lipinski definition) is 0. The first-order valence-corrected chi connectivity index (χ1v) is 10.2. The van der Waals surface area contributed by atoms with Gasteiger partial charge in [0.25, 0.3) is 5.78 Å². The number of piperazine rings is 1. The molecule has 0 aliphatic carbocycles. The van der Waals surface area contributed by atoms with Gasteiger partial charge in [-0.2, -0.15) is 14.6 Å². The maximum Gasteiger partial charge on any atom is 0.254 e. The lowest BCUT2D eigenvalue weighted by Gasteiger charge is -2.35. The van der Waals surface area contributed by atoms with Crippen LogP contribution in [0.15, 0.2) is 42.7 Å². The lowest BCUT2D eigenvalue weighted by molar-refractivity contribution is -0.126. The quantitative estimate of drug-likeness (QED) is 0.487. The molecule has 0 unspecified atom stereocenters. The summed E-state index contributed by atoms with van der Waals surface area (Å²) in [5.74, 6) is 1.57. The van der Waals surface area contributed by atoms with Crippen molar-refractivity contribution in [2.75, 3.05) is 31.1 Å². The fourth-order valence-corrected chi connectivity index (χ4v) is 4.37. The third-order valence-electron chi connectivity index (χ3n) is 4.96. The van der Waals surface area contributed by atoms with E-state index in [-0.39, 0.29) is 5.91 Å². The Kier molecular flexibility index (Phi) is 4.44. The number of fused-ring (bicyclic) bond motifs is 2. The van der Waals surface area contributed by atoms with Gasteiger partial charge in [-0.15, -0.1) is 11.3 Å². The molecular weight excluding hydrogens is 386 g/mol. The van der Waals surface area contributed by atoms with Gasteiger partial charge in [0.15, 0.2) is 0 Å². The Morgan fingerprint density at radius 2 is 1.97 bits per heavy atom. The minimum absolute atomic E-state index is 0.0146. The van der Waals surface area contributed by atoms with Crippen LogP contribution in [0.3, 0.4) is 0 Å². The summed E-state index contributed by atoms with van der Waals surface area (Å²) in [5.41, 5.74) is 1.86. The molecule has 1 fully saturated rings. The zero-order valence-corrected chi connectivity index (χ0v) is 16.7. The van der Waals surface area contributed by atoms with Crippen LogP contribution in [-0.2, 0) is 4.79 Å². The fourth-order valence-electron chi connectivity index (χ4n) is 3.50. The maximum atomic E-state index is 12.6. The SMILES string of the molecule is Cc1cc(N2CCN(C(=O)/C=C/c3nc4ccccc4s3)CC2)n2ncnc2n1. The van der Waals surface area contributed by atoms with Crippen LogP contribution in [0.5, 0.6) is 0 Å². The van der Waals surface area contributed by atoms with E-state index in [1.54, 1.807) is 21.9 Å². The lowest BCUT2D eigenvalue weighted by atomic mass is 10.3. The Labute approximate surface area is 171 Å². The van der Waals surface area contributed by atoms with E-state index >= 15 is 0 Å². The molecule has 1 saturated heterocycles. The fraction of sp³-hybridized carbons (Fsp3) is 0.250. The van der Waals surface area contributed by atoms with Crippen molar-refractivity contribution < 1.29 is 4.79 Å². The normalized spacial score (nSPS) is 15.1. The number of aromatic nitrogens is 5. The van der Waals surface area contributed by atoms with Crippen molar-refractivity contribution >= 4 is 45.1 Å². The van der Waals surface area contributed by atoms with Gasteiger partial charge in [0, 0.05) is 44.0 Å². The van der Waals surface area contributed by atoms with Gasteiger partial charge in [0.2, 0.25) is 5.91 Å². The highest BCUT2D eigenvalue weighted by molar-refractivity contribution is 7.19. The molecule has 29 heavy (non-hydrogen) atoms. The van der Waals surface area contributed by atoms with Crippen LogP contribution >= 0.6 is 11.3 Å². The molecule has 0 spiro atoms. The van der Waals surface area contributed by atoms with Crippen molar-refractivity contribution in [3.63, 3.8) is 0 Å². The second kappa shape index (κ2) is 7.25. The molecule has 4 aromatic rings. The third-order valence-corrected chi connectivity index (χ3v) is 5.96. The number of benzene rings is 1. The Morgan fingerprint density at radius 1 is 1.14 bits per heavy atom. The van der Waals surface area contributed by atoms with Crippen molar-refractivity contribution in [1.29, 1.82) is 0 Å². The highest BCUT2D eigenvalue weighted by atomic mass is 32.1. The van der Waals surface area contributed by atoms with Crippen LogP contribution in [0.1, 0.15) is 10.7 Å². The van der Waals surface area contributed by atoms with Crippen LogP contribution in [0.2, 0.25) is 0 Å². The van der Waals surface area contributed by atoms with Gasteiger partial charge in [-0.1, -0.05) is 12.1 Å². The van der Waals surface area contributed by atoms with E-state index in [0.29, 0.717) is 18.9 Å². The summed E-state index contributed by atoms with van der Waals surface area (Å²) in [5, 5.41) is 5.12. The van der Waals surface area contributed by atoms with Gasteiger partial charge >= 0.3 is 0 Å². The number of rotatable bonds is 3. The number of carbonyl (C=O) groups excluding carboxylic acids is 1. The van der Waals surface area contributed by atoms with E-state index in [4.69, 9.17) is 0 Å². The second-order valence-corrected chi connectivity index (χ2v) is 7.96. The highest BCUT2D eigenvalue weighted by Crippen LogP contribution is 2.22. The molecule has 0 bridgehead atoms. The molecule has 0 radical (unpaired) electrons. The summed E-state index contributed by atoms with van der Waals surface area (Å²) in [4.78, 5) is 29.8. The van der Waals surface area contributed by atoms with Gasteiger partial charge < -0.3 is 9.80 Å². The number of para-hydroxylation sites is 1. The van der Waals surface area contributed by atoms with E-state index in [0.717, 1.165) is 39.8 Å². The van der Waals surface area contributed by atoms with Crippen molar-refractivity contribution in [2.24, 2.45) is 0 Å². The lowest BCUT2D eigenvalue weighted by Crippen LogP contribution is -2.48.